The average molecular weight is 253 g/mol. The maximum absolute atomic E-state index is 10.9. The maximum atomic E-state index is 10.9. The normalized spacial score (nSPS) is 17.7. The van der Waals surface area contributed by atoms with E-state index in [1.54, 1.807) is 0 Å². The number of aromatic carboxylic acids is 1. The molecule has 1 aromatic rings. The minimum absolute atomic E-state index is 0.469. The minimum atomic E-state index is -0.814. The number of carboxylic acid groups (broad SMARTS) is 1. The molecule has 0 amide bonds. The first kappa shape index (κ1) is 12.6. The van der Waals surface area contributed by atoms with Crippen molar-refractivity contribution in [3.8, 4) is 0 Å². The van der Waals surface area contributed by atoms with Gasteiger partial charge in [0.05, 0.1) is 0 Å². The van der Waals surface area contributed by atoms with Gasteiger partial charge >= 0.3 is 5.97 Å². The van der Waals surface area contributed by atoms with Crippen LogP contribution in [0.25, 0.3) is 0 Å². The van der Waals surface area contributed by atoms with Gasteiger partial charge in [-0.3, -0.25) is 0 Å². The van der Waals surface area contributed by atoms with E-state index >= 15 is 0 Å². The molecule has 0 saturated heterocycles. The highest BCUT2D eigenvalue weighted by molar-refractivity contribution is 7.12. The second kappa shape index (κ2) is 5.19. The average Bonchev–Trinajstić information content (AvgIpc) is 2.70. The van der Waals surface area contributed by atoms with Crippen molar-refractivity contribution in [3.63, 3.8) is 0 Å². The Kier molecular flexibility index (Phi) is 3.84. The first-order chi connectivity index (χ1) is 8.17. The van der Waals surface area contributed by atoms with Crippen LogP contribution >= 0.6 is 11.3 Å². The summed E-state index contributed by atoms with van der Waals surface area (Å²) in [6.07, 6.45) is 5.18. The van der Waals surface area contributed by atoms with E-state index in [4.69, 9.17) is 5.11 Å². The largest absolute Gasteiger partial charge is 0.477 e. The Bertz CT molecular complexity index is 390. The Morgan fingerprint density at radius 1 is 1.59 bits per heavy atom. The van der Waals surface area contributed by atoms with E-state index in [-0.39, 0.29) is 0 Å². The molecule has 0 bridgehead atoms. The first-order valence-electron chi connectivity index (χ1n) is 6.17. The smallest absolute Gasteiger partial charge is 0.346 e. The van der Waals surface area contributed by atoms with Gasteiger partial charge in [0.15, 0.2) is 0 Å². The van der Waals surface area contributed by atoms with Gasteiger partial charge in [0.1, 0.15) is 4.88 Å². The monoisotopic (exact) mass is 253 g/mol. The second-order valence-corrected chi connectivity index (χ2v) is 5.81. The summed E-state index contributed by atoms with van der Waals surface area (Å²) < 4.78 is 0. The molecule has 0 atom stereocenters. The number of hydrogen-bond donors (Lipinski definition) is 2. The van der Waals surface area contributed by atoms with Gasteiger partial charge in [0.2, 0.25) is 0 Å². The van der Waals surface area contributed by atoms with Gasteiger partial charge in [-0.25, -0.2) is 4.79 Å². The molecule has 1 heterocycles. The van der Waals surface area contributed by atoms with Crippen LogP contribution in [0, 0.1) is 5.41 Å². The predicted molar refractivity (Wildman–Crippen MR) is 69.6 cm³/mol. The van der Waals surface area contributed by atoms with Gasteiger partial charge in [0, 0.05) is 13.1 Å². The molecule has 0 unspecified atom stereocenters. The fourth-order valence-corrected chi connectivity index (χ4v) is 3.22. The summed E-state index contributed by atoms with van der Waals surface area (Å²) in [5.74, 6) is -0.814. The highest BCUT2D eigenvalue weighted by Crippen LogP contribution is 2.43. The summed E-state index contributed by atoms with van der Waals surface area (Å²) in [7, 11) is 0. The highest BCUT2D eigenvalue weighted by Gasteiger charge is 2.34. The number of carbonyl (C=O) groups is 1. The third kappa shape index (κ3) is 2.69. The fourth-order valence-electron chi connectivity index (χ4n) is 2.46. The van der Waals surface area contributed by atoms with Crippen LogP contribution in [-0.2, 0) is 6.54 Å². The van der Waals surface area contributed by atoms with Crippen molar-refractivity contribution in [2.75, 3.05) is 6.54 Å². The molecule has 0 spiro atoms. The van der Waals surface area contributed by atoms with E-state index in [9.17, 15) is 4.79 Å². The Morgan fingerprint density at radius 3 is 2.88 bits per heavy atom. The molecule has 1 aliphatic rings. The fraction of sp³-hybridized carbons (Fsp3) is 0.615. The van der Waals surface area contributed by atoms with Gasteiger partial charge in [-0.2, -0.15) is 0 Å². The molecule has 1 saturated carbocycles. The Morgan fingerprint density at radius 2 is 2.35 bits per heavy atom. The Hall–Kier alpha value is -0.870. The SMILES string of the molecule is CCC1(CNCc2ccsc2C(=O)O)CCC1. The van der Waals surface area contributed by atoms with E-state index in [0.29, 0.717) is 16.8 Å². The van der Waals surface area contributed by atoms with Crippen molar-refractivity contribution in [1.29, 1.82) is 0 Å². The summed E-state index contributed by atoms with van der Waals surface area (Å²) in [4.78, 5) is 11.4. The lowest BCUT2D eigenvalue weighted by atomic mass is 9.67. The first-order valence-corrected chi connectivity index (χ1v) is 7.05. The van der Waals surface area contributed by atoms with E-state index in [2.05, 4.69) is 12.2 Å². The number of carboxylic acids is 1. The molecule has 4 heteroatoms. The standard InChI is InChI=1S/C13H19NO2S/c1-2-13(5-3-6-13)9-14-8-10-4-7-17-11(10)12(15)16/h4,7,14H,2-3,5-6,8-9H2,1H3,(H,15,16). The lowest BCUT2D eigenvalue weighted by Crippen LogP contribution is -2.39. The van der Waals surface area contributed by atoms with Gasteiger partial charge in [-0.15, -0.1) is 11.3 Å². The highest BCUT2D eigenvalue weighted by atomic mass is 32.1. The van der Waals surface area contributed by atoms with Gasteiger partial charge in [0.25, 0.3) is 0 Å². The second-order valence-electron chi connectivity index (χ2n) is 4.89. The van der Waals surface area contributed by atoms with Crippen molar-refractivity contribution >= 4 is 17.3 Å². The van der Waals surface area contributed by atoms with Crippen molar-refractivity contribution < 1.29 is 9.90 Å². The van der Waals surface area contributed by atoms with Crippen LogP contribution in [0.3, 0.4) is 0 Å². The topological polar surface area (TPSA) is 49.3 Å². The predicted octanol–water partition coefficient (Wildman–Crippen LogP) is 3.12. The summed E-state index contributed by atoms with van der Waals surface area (Å²) in [6.45, 7) is 3.93. The van der Waals surface area contributed by atoms with Crippen LogP contribution < -0.4 is 5.32 Å². The summed E-state index contributed by atoms with van der Waals surface area (Å²) in [6, 6.07) is 1.90. The molecule has 1 aliphatic carbocycles. The molecule has 1 aromatic heterocycles. The molecule has 3 nitrogen and oxygen atoms in total. The summed E-state index contributed by atoms with van der Waals surface area (Å²) in [5, 5.41) is 14.3. The van der Waals surface area contributed by atoms with Crippen LogP contribution in [0.4, 0.5) is 0 Å². The molecule has 0 aromatic carbocycles. The zero-order valence-electron chi connectivity index (χ0n) is 10.2. The van der Waals surface area contributed by atoms with Crippen molar-refractivity contribution in [2.45, 2.75) is 39.2 Å². The molecule has 94 valence electrons. The van der Waals surface area contributed by atoms with Gasteiger partial charge in [-0.1, -0.05) is 13.3 Å². The van der Waals surface area contributed by atoms with Gasteiger partial charge in [-0.05, 0) is 41.7 Å². The molecular formula is C13H19NO2S. The Labute approximate surface area is 106 Å². The molecule has 0 radical (unpaired) electrons. The maximum Gasteiger partial charge on any atom is 0.346 e. The van der Waals surface area contributed by atoms with Crippen LogP contribution in [0.1, 0.15) is 47.8 Å². The number of thiophene rings is 1. The summed E-state index contributed by atoms with van der Waals surface area (Å²) in [5.41, 5.74) is 1.40. The van der Waals surface area contributed by atoms with Crippen LogP contribution in [0.2, 0.25) is 0 Å². The number of rotatable bonds is 6. The zero-order chi connectivity index (χ0) is 12.3. The third-order valence-electron chi connectivity index (χ3n) is 3.92. The van der Waals surface area contributed by atoms with Crippen molar-refractivity contribution in [2.24, 2.45) is 5.41 Å². The van der Waals surface area contributed by atoms with E-state index < -0.39 is 5.97 Å². The molecule has 17 heavy (non-hydrogen) atoms. The molecule has 0 aliphatic heterocycles. The van der Waals surface area contributed by atoms with E-state index in [1.165, 1.54) is 37.0 Å². The van der Waals surface area contributed by atoms with Crippen LogP contribution in [0.5, 0.6) is 0 Å². The molecule has 2 N–H and O–H groups in total. The minimum Gasteiger partial charge on any atom is -0.477 e. The molecule has 1 fully saturated rings. The van der Waals surface area contributed by atoms with Crippen molar-refractivity contribution in [3.05, 3.63) is 21.9 Å². The lowest BCUT2D eigenvalue weighted by Gasteiger charge is -2.41. The Balaban J connectivity index is 1.85. The lowest BCUT2D eigenvalue weighted by molar-refractivity contribution is 0.0700. The third-order valence-corrected chi connectivity index (χ3v) is 4.87. The van der Waals surface area contributed by atoms with E-state index in [1.807, 2.05) is 11.4 Å². The van der Waals surface area contributed by atoms with Crippen LogP contribution in [0.15, 0.2) is 11.4 Å². The zero-order valence-corrected chi connectivity index (χ0v) is 11.0. The molecular weight excluding hydrogens is 234 g/mol. The van der Waals surface area contributed by atoms with Crippen LogP contribution in [-0.4, -0.2) is 17.6 Å². The van der Waals surface area contributed by atoms with E-state index in [0.717, 1.165) is 12.1 Å². The quantitative estimate of drug-likeness (QED) is 0.819. The molecule has 2 rings (SSSR count). The number of nitrogens with one attached hydrogen (secondary N) is 1. The summed E-state index contributed by atoms with van der Waals surface area (Å²) >= 11 is 1.30. The van der Waals surface area contributed by atoms with Gasteiger partial charge < -0.3 is 10.4 Å². The number of hydrogen-bond acceptors (Lipinski definition) is 3. The van der Waals surface area contributed by atoms with Crippen molar-refractivity contribution in [1.82, 2.24) is 5.32 Å².